The first-order chi connectivity index (χ1) is 11.7. The molecular weight excluding hydrogens is 326 g/mol. The number of nitrogens with two attached hydrogens (primary N) is 1. The molecule has 1 heterocycles. The standard InChI is InChI=1S/C16H16ClN7/c17-12-4-1-5-13(10-12)23-15-14(20)16(22-11-21-15)24(8-2-6-18)9-3-7-19/h1,4-5,10-11H,2-3,8-9,20H2,(H,21,22,23). The van der Waals surface area contributed by atoms with E-state index in [2.05, 4.69) is 27.4 Å². The molecule has 1 aromatic carbocycles. The van der Waals surface area contributed by atoms with Crippen LogP contribution in [0.5, 0.6) is 0 Å². The molecule has 3 N–H and O–H groups in total. The summed E-state index contributed by atoms with van der Waals surface area (Å²) in [4.78, 5) is 10.2. The van der Waals surface area contributed by atoms with Gasteiger partial charge >= 0.3 is 0 Å². The highest BCUT2D eigenvalue weighted by Gasteiger charge is 2.15. The number of aromatic nitrogens is 2. The molecule has 8 heteroatoms. The molecule has 2 rings (SSSR count). The Hall–Kier alpha value is -3.03. The Morgan fingerprint density at radius 3 is 2.50 bits per heavy atom. The highest BCUT2D eigenvalue weighted by molar-refractivity contribution is 6.30. The van der Waals surface area contributed by atoms with E-state index in [9.17, 15) is 0 Å². The molecule has 122 valence electrons. The first kappa shape index (κ1) is 17.3. The van der Waals surface area contributed by atoms with Crippen LogP contribution in [0, 0.1) is 22.7 Å². The third-order valence-electron chi connectivity index (χ3n) is 3.24. The maximum Gasteiger partial charge on any atom is 0.159 e. The molecule has 0 aliphatic carbocycles. The number of nitrogen functional groups attached to an aromatic ring is 1. The summed E-state index contributed by atoms with van der Waals surface area (Å²) >= 11 is 5.97. The van der Waals surface area contributed by atoms with Gasteiger partial charge in [-0.15, -0.1) is 0 Å². The fraction of sp³-hybridized carbons (Fsp3) is 0.250. The number of nitriles is 2. The Kier molecular flexibility index (Phi) is 6.18. The predicted octanol–water partition coefficient (Wildman–Crippen LogP) is 3.09. The van der Waals surface area contributed by atoms with Gasteiger partial charge < -0.3 is 16.0 Å². The molecule has 0 saturated heterocycles. The summed E-state index contributed by atoms with van der Waals surface area (Å²) < 4.78 is 0. The molecule has 0 unspecified atom stereocenters. The minimum atomic E-state index is 0.311. The Balaban J connectivity index is 2.27. The smallest absolute Gasteiger partial charge is 0.159 e. The number of rotatable bonds is 7. The van der Waals surface area contributed by atoms with Crippen LogP contribution in [-0.4, -0.2) is 23.1 Å². The topological polar surface area (TPSA) is 115 Å². The van der Waals surface area contributed by atoms with Crippen LogP contribution in [0.1, 0.15) is 12.8 Å². The van der Waals surface area contributed by atoms with Crippen LogP contribution in [0.2, 0.25) is 5.02 Å². The van der Waals surface area contributed by atoms with Gasteiger partial charge in [0.1, 0.15) is 12.0 Å². The second kappa shape index (κ2) is 8.56. The minimum Gasteiger partial charge on any atom is -0.393 e. The normalized spacial score (nSPS) is 9.79. The number of anilines is 4. The van der Waals surface area contributed by atoms with Crippen molar-refractivity contribution < 1.29 is 0 Å². The molecule has 0 amide bonds. The zero-order valence-electron chi connectivity index (χ0n) is 12.9. The average Bonchev–Trinajstić information content (AvgIpc) is 2.57. The van der Waals surface area contributed by atoms with E-state index in [0.29, 0.717) is 48.3 Å². The summed E-state index contributed by atoms with van der Waals surface area (Å²) in [6, 6.07) is 11.4. The van der Waals surface area contributed by atoms with Gasteiger partial charge in [-0.1, -0.05) is 17.7 Å². The third-order valence-corrected chi connectivity index (χ3v) is 3.47. The minimum absolute atomic E-state index is 0.311. The molecule has 0 aliphatic heterocycles. The van der Waals surface area contributed by atoms with Gasteiger partial charge in [0.25, 0.3) is 0 Å². The maximum atomic E-state index is 8.80. The number of nitrogens with zero attached hydrogens (tertiary/aromatic N) is 5. The second-order valence-electron chi connectivity index (χ2n) is 4.90. The maximum absolute atomic E-state index is 8.80. The zero-order chi connectivity index (χ0) is 17.4. The van der Waals surface area contributed by atoms with E-state index in [-0.39, 0.29) is 0 Å². The molecule has 0 fully saturated rings. The summed E-state index contributed by atoms with van der Waals surface area (Å²) in [6.45, 7) is 0.881. The fourth-order valence-corrected chi connectivity index (χ4v) is 2.32. The van der Waals surface area contributed by atoms with Gasteiger partial charge in [0.2, 0.25) is 0 Å². The van der Waals surface area contributed by atoms with Gasteiger partial charge in [-0.3, -0.25) is 0 Å². The van der Waals surface area contributed by atoms with E-state index < -0.39 is 0 Å². The van der Waals surface area contributed by atoms with Gasteiger partial charge in [-0.05, 0) is 18.2 Å². The largest absolute Gasteiger partial charge is 0.393 e. The lowest BCUT2D eigenvalue weighted by Gasteiger charge is -2.23. The fourth-order valence-electron chi connectivity index (χ4n) is 2.13. The first-order valence-corrected chi connectivity index (χ1v) is 7.65. The summed E-state index contributed by atoms with van der Waals surface area (Å²) in [7, 11) is 0. The van der Waals surface area contributed by atoms with Crippen molar-refractivity contribution in [3.8, 4) is 12.1 Å². The number of nitrogens with one attached hydrogen (secondary N) is 1. The highest BCUT2D eigenvalue weighted by Crippen LogP contribution is 2.29. The molecule has 2 aromatic rings. The highest BCUT2D eigenvalue weighted by atomic mass is 35.5. The molecule has 0 radical (unpaired) electrons. The molecule has 0 bridgehead atoms. The summed E-state index contributed by atoms with van der Waals surface area (Å²) in [5.41, 5.74) is 7.29. The Morgan fingerprint density at radius 2 is 1.88 bits per heavy atom. The van der Waals surface area contributed by atoms with Crippen molar-refractivity contribution in [2.75, 3.05) is 29.0 Å². The Labute approximate surface area is 145 Å². The summed E-state index contributed by atoms with van der Waals surface area (Å²) in [5, 5.41) is 21.3. The lowest BCUT2D eigenvalue weighted by molar-refractivity contribution is 0.782. The quantitative estimate of drug-likeness (QED) is 0.795. The van der Waals surface area contributed by atoms with E-state index >= 15 is 0 Å². The van der Waals surface area contributed by atoms with E-state index in [1.54, 1.807) is 12.1 Å². The van der Waals surface area contributed by atoms with Crippen molar-refractivity contribution in [3.05, 3.63) is 35.6 Å². The monoisotopic (exact) mass is 341 g/mol. The molecule has 7 nitrogen and oxygen atoms in total. The average molecular weight is 342 g/mol. The van der Waals surface area contributed by atoms with E-state index in [4.69, 9.17) is 27.9 Å². The van der Waals surface area contributed by atoms with Crippen LogP contribution >= 0.6 is 11.6 Å². The molecule has 24 heavy (non-hydrogen) atoms. The number of halogens is 1. The summed E-state index contributed by atoms with van der Waals surface area (Å²) in [6.07, 6.45) is 2.02. The number of hydrogen-bond acceptors (Lipinski definition) is 7. The summed E-state index contributed by atoms with van der Waals surface area (Å²) in [5.74, 6) is 0.946. The Bertz CT molecular complexity index is 761. The van der Waals surface area contributed by atoms with Gasteiger partial charge in [-0.2, -0.15) is 10.5 Å². The first-order valence-electron chi connectivity index (χ1n) is 7.27. The number of hydrogen-bond donors (Lipinski definition) is 2. The molecule has 0 saturated carbocycles. The molecule has 1 aromatic heterocycles. The van der Waals surface area contributed by atoms with Crippen LogP contribution in [0.15, 0.2) is 30.6 Å². The van der Waals surface area contributed by atoms with Crippen LogP contribution in [0.25, 0.3) is 0 Å². The third kappa shape index (κ3) is 4.48. The van der Waals surface area contributed by atoms with E-state index in [0.717, 1.165) is 5.69 Å². The lowest BCUT2D eigenvalue weighted by atomic mass is 10.3. The van der Waals surface area contributed by atoms with Crippen LogP contribution in [0.3, 0.4) is 0 Å². The Morgan fingerprint density at radius 1 is 1.17 bits per heavy atom. The van der Waals surface area contributed by atoms with Crippen molar-refractivity contribution in [2.24, 2.45) is 0 Å². The van der Waals surface area contributed by atoms with E-state index in [1.807, 2.05) is 17.0 Å². The predicted molar refractivity (Wildman–Crippen MR) is 93.9 cm³/mol. The zero-order valence-corrected chi connectivity index (χ0v) is 13.7. The molecule has 0 spiro atoms. The van der Waals surface area contributed by atoms with Gasteiger partial charge in [0.15, 0.2) is 11.6 Å². The van der Waals surface area contributed by atoms with Crippen molar-refractivity contribution in [1.82, 2.24) is 9.97 Å². The molecular formula is C16H16ClN7. The van der Waals surface area contributed by atoms with Gasteiger partial charge in [0.05, 0.1) is 25.0 Å². The van der Waals surface area contributed by atoms with Crippen molar-refractivity contribution in [2.45, 2.75) is 12.8 Å². The van der Waals surface area contributed by atoms with Crippen molar-refractivity contribution in [1.29, 1.82) is 10.5 Å². The molecule has 0 atom stereocenters. The van der Waals surface area contributed by atoms with Crippen LogP contribution < -0.4 is 16.0 Å². The van der Waals surface area contributed by atoms with E-state index in [1.165, 1.54) is 6.33 Å². The molecule has 0 aliphatic rings. The SMILES string of the molecule is N#CCCN(CCC#N)c1ncnc(Nc2cccc(Cl)c2)c1N. The van der Waals surface area contributed by atoms with Crippen LogP contribution in [-0.2, 0) is 0 Å². The van der Waals surface area contributed by atoms with Gasteiger partial charge in [0, 0.05) is 23.8 Å². The van der Waals surface area contributed by atoms with Crippen molar-refractivity contribution in [3.63, 3.8) is 0 Å². The lowest BCUT2D eigenvalue weighted by Crippen LogP contribution is -2.27. The van der Waals surface area contributed by atoms with Crippen LogP contribution in [0.4, 0.5) is 23.0 Å². The second-order valence-corrected chi connectivity index (χ2v) is 5.33. The van der Waals surface area contributed by atoms with Crippen molar-refractivity contribution >= 4 is 34.6 Å². The number of benzene rings is 1. The van der Waals surface area contributed by atoms with Gasteiger partial charge in [-0.25, -0.2) is 9.97 Å².